The molecule has 0 radical (unpaired) electrons. The van der Waals surface area contributed by atoms with Crippen LogP contribution in [0.1, 0.15) is 95.8 Å². The molecule has 6 saturated heterocycles. The lowest BCUT2D eigenvalue weighted by Crippen LogP contribution is -2.38. The van der Waals surface area contributed by atoms with Gasteiger partial charge in [0.1, 0.15) is 68.4 Å². The van der Waals surface area contributed by atoms with E-state index in [0.29, 0.717) is 73.9 Å². The number of benzene rings is 15. The lowest BCUT2D eigenvalue weighted by Gasteiger charge is -2.36. The summed E-state index contributed by atoms with van der Waals surface area (Å²) in [6, 6.07) is 79.8. The molecule has 0 spiro atoms. The first-order valence-corrected chi connectivity index (χ1v) is 46.8. The van der Waals surface area contributed by atoms with E-state index in [9.17, 15) is 15.8 Å². The maximum atomic E-state index is 10.4. The fraction of sp³-hybridized carbons (Fsp3) is 0.283. The van der Waals surface area contributed by atoms with Gasteiger partial charge in [-0.05, 0) is 303 Å². The second-order valence-corrected chi connectivity index (χ2v) is 38.2. The first-order valence-electron chi connectivity index (χ1n) is 46.8. The molecule has 4 unspecified atom stereocenters. The van der Waals surface area contributed by atoms with Crippen molar-refractivity contribution in [3.05, 3.63) is 217 Å². The van der Waals surface area contributed by atoms with Gasteiger partial charge in [0.05, 0.1) is 26.4 Å². The molecule has 21 aromatic rings. The van der Waals surface area contributed by atoms with Gasteiger partial charge in [-0.3, -0.25) is 0 Å². The van der Waals surface area contributed by atoms with Crippen LogP contribution in [-0.4, -0.2) is 105 Å². The van der Waals surface area contributed by atoms with Gasteiger partial charge >= 0.3 is 0 Å². The van der Waals surface area contributed by atoms with E-state index in [1.54, 1.807) is 0 Å². The average molecular weight is 1710 g/mol. The van der Waals surface area contributed by atoms with E-state index in [-0.39, 0.29) is 0 Å². The quantitative estimate of drug-likeness (QED) is 0.153. The van der Waals surface area contributed by atoms with Crippen LogP contribution in [0.25, 0.3) is 196 Å². The number of fused-ring (bicyclic) bond motifs is 24. The van der Waals surface area contributed by atoms with Crippen molar-refractivity contribution >= 4 is 230 Å². The molecule has 12 heterocycles. The molecule has 642 valence electrons. The average Bonchev–Trinajstić information content (AvgIpc) is 1.57. The zero-order valence-corrected chi connectivity index (χ0v) is 73.6. The predicted octanol–water partition coefficient (Wildman–Crippen LogP) is 27.6. The molecule has 15 aromatic carbocycles. The highest BCUT2D eigenvalue weighted by atomic mass is 16.5. The van der Waals surface area contributed by atoms with Gasteiger partial charge in [-0.25, -0.2) is 0 Å². The third-order valence-corrected chi connectivity index (χ3v) is 29.2. The molecule has 6 aromatic heterocycles. The number of anilines is 6. The van der Waals surface area contributed by atoms with Crippen molar-refractivity contribution < 1.29 is 36.0 Å². The lowest BCUT2D eigenvalue weighted by molar-refractivity contribution is 0.122. The molecule has 130 heavy (non-hydrogen) atoms. The van der Waals surface area contributed by atoms with Gasteiger partial charge in [-0.1, -0.05) is 64.1 Å². The van der Waals surface area contributed by atoms with Crippen molar-refractivity contribution in [3.63, 3.8) is 0 Å². The molecule has 0 amide bonds. The van der Waals surface area contributed by atoms with E-state index in [4.69, 9.17) is 36.0 Å². The van der Waals surface area contributed by atoms with Gasteiger partial charge in [0.2, 0.25) is 0 Å². The fourth-order valence-electron chi connectivity index (χ4n) is 23.0. The third-order valence-electron chi connectivity index (χ3n) is 29.2. The van der Waals surface area contributed by atoms with E-state index in [0.717, 1.165) is 246 Å². The Morgan fingerprint density at radius 2 is 0.431 bits per heavy atom. The van der Waals surface area contributed by atoms with Gasteiger partial charge in [0, 0.05) is 177 Å². The number of nitrogens with zero attached hydrogens (tertiary/aromatic N) is 9. The van der Waals surface area contributed by atoms with Gasteiger partial charge in [0.15, 0.2) is 33.5 Å². The van der Waals surface area contributed by atoms with Crippen LogP contribution in [0.4, 0.5) is 34.1 Å². The number of morpholine rings is 2. The Kier molecular flexibility index (Phi) is 18.7. The SMILES string of the molecule is CC1CC(C)CN(c2ccc3cc4c(cc3c2)oc2c(C#N)c3oc5cc6cc(N7CC(C)CC(C)C7)ccc6cc5c3cc24)C1.N#Cc1c2oc3cc4cc(N5CCCCC5)ccc4cc3c2cc2c1oc1cc3cc(N4CCCCC4)ccc3cc12.N#Cc1c2oc3cc4cc(N5CCOCC5)ccc4cc3c2cc2c1oc1cc3cc(N4CCOCC4)ccc3cc12. The lowest BCUT2D eigenvalue weighted by atomic mass is 9.91. The Labute approximate surface area is 749 Å². The number of nitriles is 3. The van der Waals surface area contributed by atoms with Crippen molar-refractivity contribution in [3.8, 4) is 18.2 Å². The summed E-state index contributed by atoms with van der Waals surface area (Å²) in [4.78, 5) is 14.7. The number of hydrogen-bond donors (Lipinski definition) is 0. The Bertz CT molecular complexity index is 7630. The highest BCUT2D eigenvalue weighted by Crippen LogP contribution is 2.49. The molecule has 0 N–H and O–H groups in total. The molecule has 27 rings (SSSR count). The van der Waals surface area contributed by atoms with E-state index in [1.165, 1.54) is 107 Å². The molecule has 6 aliphatic heterocycles. The smallest absolute Gasteiger partial charge is 0.157 e. The zero-order chi connectivity index (χ0) is 86.8. The first-order chi connectivity index (χ1) is 63.8. The molecule has 0 aliphatic carbocycles. The number of piperidine rings is 4. The van der Waals surface area contributed by atoms with Gasteiger partial charge in [-0.15, -0.1) is 0 Å². The summed E-state index contributed by atoms with van der Waals surface area (Å²) >= 11 is 0. The Morgan fingerprint density at radius 3 is 0.646 bits per heavy atom. The van der Waals surface area contributed by atoms with Gasteiger partial charge in [-0.2, -0.15) is 15.8 Å². The molecule has 6 aliphatic rings. The number of rotatable bonds is 6. The second-order valence-electron chi connectivity index (χ2n) is 38.2. The van der Waals surface area contributed by atoms with Crippen molar-refractivity contribution in [2.24, 2.45) is 23.7 Å². The standard InChI is InChI=1S/C41H39N3O2.C37H31N3O2.C35H27N3O4/c1-23-9-24(2)20-43(19-23)31-7-5-27-13-33-35-17-36-34-14-28-6-8-32(44-21-25(3)10-26(4)22-44)12-30(28)16-39(34)46-41(36)37(18-42)40(35)45-38(33)15-29(27)11-31;38-22-33-36-31(29-17-23-7-9-27(39-11-3-1-4-12-39)15-25(23)19-34(29)41-36)21-32-30-18-24-8-10-28(40-13-5-2-6-14-40)16-26(24)20-35(30)42-37(32)33;36-20-31-34-29(27-15-21-1-3-25(37-5-9-39-10-6-37)13-23(21)17-32(27)41-34)19-30-28-16-22-2-4-26(38-7-11-40-12-8-38)14-24(22)18-33(28)42-35(30)31/h5-8,11-17,23-26H,9-10,19-22H2,1-4H3;7-10,15-21H,1-6,11-14H2;1-4,13-19H,5-12H2. The predicted molar refractivity (Wildman–Crippen MR) is 531 cm³/mol. The number of hydrogen-bond acceptors (Lipinski definition) is 17. The number of furan rings is 6. The van der Waals surface area contributed by atoms with E-state index >= 15 is 0 Å². The molecule has 17 nitrogen and oxygen atoms in total. The van der Waals surface area contributed by atoms with Crippen molar-refractivity contribution in [2.75, 3.05) is 134 Å². The van der Waals surface area contributed by atoms with Crippen molar-refractivity contribution in [1.29, 1.82) is 15.8 Å². The van der Waals surface area contributed by atoms with E-state index < -0.39 is 0 Å². The molecule has 0 saturated carbocycles. The summed E-state index contributed by atoms with van der Waals surface area (Å²) in [7, 11) is 0. The summed E-state index contributed by atoms with van der Waals surface area (Å²) < 4.78 is 49.7. The molecular weight excluding hydrogens is 1610 g/mol. The summed E-state index contributed by atoms with van der Waals surface area (Å²) in [6.45, 7) is 24.8. The first kappa shape index (κ1) is 78.1. The van der Waals surface area contributed by atoms with E-state index in [2.05, 4.69) is 275 Å². The minimum atomic E-state index is 0.436. The molecule has 4 atom stereocenters. The molecule has 0 bridgehead atoms. The highest BCUT2D eigenvalue weighted by Gasteiger charge is 2.30. The van der Waals surface area contributed by atoms with Crippen LogP contribution in [0.5, 0.6) is 0 Å². The van der Waals surface area contributed by atoms with Crippen LogP contribution in [-0.2, 0) is 9.47 Å². The molecule has 17 heteroatoms. The van der Waals surface area contributed by atoms with Crippen LogP contribution in [0.2, 0.25) is 0 Å². The summed E-state index contributed by atoms with van der Waals surface area (Å²) in [5, 5.41) is 56.7. The van der Waals surface area contributed by atoms with Crippen molar-refractivity contribution in [1.82, 2.24) is 0 Å². The summed E-state index contributed by atoms with van der Waals surface area (Å²) in [6.07, 6.45) is 10.2. The topological polar surface area (TPSA) is 188 Å². The minimum absolute atomic E-state index is 0.436. The highest BCUT2D eigenvalue weighted by molar-refractivity contribution is 6.25. The maximum Gasteiger partial charge on any atom is 0.157 e. The Hall–Kier alpha value is -14.2. The third kappa shape index (κ3) is 13.3. The molecular formula is C113H97N9O8. The van der Waals surface area contributed by atoms with E-state index in [1.807, 2.05) is 0 Å². The largest absolute Gasteiger partial charge is 0.454 e. The number of ether oxygens (including phenoxy) is 2. The van der Waals surface area contributed by atoms with Crippen LogP contribution in [0.3, 0.4) is 0 Å². The summed E-state index contributed by atoms with van der Waals surface area (Å²) in [5.74, 6) is 2.77. The zero-order valence-electron chi connectivity index (χ0n) is 73.6. The van der Waals surface area contributed by atoms with Gasteiger partial charge in [0.25, 0.3) is 0 Å². The summed E-state index contributed by atoms with van der Waals surface area (Å²) in [5.41, 5.74) is 17.1. The van der Waals surface area contributed by atoms with Crippen LogP contribution in [0, 0.1) is 57.7 Å². The van der Waals surface area contributed by atoms with Crippen molar-refractivity contribution in [2.45, 2.75) is 79.1 Å². The van der Waals surface area contributed by atoms with Crippen LogP contribution < -0.4 is 29.4 Å². The minimum Gasteiger partial charge on any atom is -0.454 e. The van der Waals surface area contributed by atoms with Gasteiger partial charge < -0.3 is 65.4 Å². The second kappa shape index (κ2) is 31.1. The van der Waals surface area contributed by atoms with Crippen LogP contribution >= 0.6 is 0 Å². The normalized spacial score (nSPS) is 18.6. The monoisotopic (exact) mass is 1710 g/mol. The molecule has 6 fully saturated rings. The fourth-order valence-corrected chi connectivity index (χ4v) is 23.0. The maximum absolute atomic E-state index is 10.4. The van der Waals surface area contributed by atoms with Crippen LogP contribution in [0.15, 0.2) is 227 Å². The Balaban J connectivity index is 0.000000105. The Morgan fingerprint density at radius 1 is 0.223 bits per heavy atom.